The Kier molecular flexibility index (Phi) is 5.17. The van der Waals surface area contributed by atoms with Gasteiger partial charge in [-0.05, 0) is 24.3 Å². The van der Waals surface area contributed by atoms with Crippen molar-refractivity contribution >= 4 is 29.1 Å². The molecular formula is C21H17ClN6O5. The first-order chi connectivity index (χ1) is 16.0. The minimum atomic E-state index is -0.964. The Labute approximate surface area is 192 Å². The molecule has 11 nitrogen and oxygen atoms in total. The third kappa shape index (κ3) is 3.65. The number of amides is 2. The first-order valence-corrected chi connectivity index (χ1v) is 10.2. The lowest BCUT2D eigenvalue weighted by molar-refractivity contribution is -0.123. The number of ether oxygens (including phenoxy) is 2. The van der Waals surface area contributed by atoms with Gasteiger partial charge in [0.05, 0.1) is 19.9 Å². The molecule has 1 fully saturated rings. The molecule has 0 N–H and O–H groups in total. The molecule has 2 amide bonds. The van der Waals surface area contributed by atoms with Crippen molar-refractivity contribution in [3.8, 4) is 22.9 Å². The predicted molar refractivity (Wildman–Crippen MR) is 115 cm³/mol. The van der Waals surface area contributed by atoms with Crippen LogP contribution in [0.15, 0.2) is 57.3 Å². The van der Waals surface area contributed by atoms with E-state index in [1.807, 2.05) is 0 Å². The molecule has 3 heterocycles. The van der Waals surface area contributed by atoms with Gasteiger partial charge in [0.1, 0.15) is 18.0 Å². The Hall–Kier alpha value is -3.99. The number of imide groups is 1. The van der Waals surface area contributed by atoms with Crippen LogP contribution in [0.4, 0.5) is 5.69 Å². The summed E-state index contributed by atoms with van der Waals surface area (Å²) in [6.07, 6.45) is 0. The summed E-state index contributed by atoms with van der Waals surface area (Å²) in [5.74, 6) is 0.526. The molecule has 33 heavy (non-hydrogen) atoms. The van der Waals surface area contributed by atoms with E-state index in [1.165, 1.54) is 19.2 Å². The van der Waals surface area contributed by atoms with Gasteiger partial charge in [-0.3, -0.25) is 14.6 Å². The van der Waals surface area contributed by atoms with Crippen molar-refractivity contribution in [2.45, 2.75) is 18.6 Å². The summed E-state index contributed by atoms with van der Waals surface area (Å²) in [5.41, 5.74) is 1.05. The average Bonchev–Trinajstić information content (AvgIpc) is 3.52. The van der Waals surface area contributed by atoms with Gasteiger partial charge in [-0.25, -0.2) is 4.90 Å². The molecule has 12 heteroatoms. The highest BCUT2D eigenvalue weighted by Gasteiger charge is 2.55. The molecule has 5 rings (SSSR count). The predicted octanol–water partition coefficient (Wildman–Crippen LogP) is 2.90. The van der Waals surface area contributed by atoms with E-state index >= 15 is 0 Å². The smallest absolute Gasteiger partial charge is 0.263 e. The molecule has 1 aromatic heterocycles. The molecule has 2 aromatic carbocycles. The highest BCUT2D eigenvalue weighted by molar-refractivity contribution is 6.30. The summed E-state index contributed by atoms with van der Waals surface area (Å²) in [5, 5.41) is 13.9. The number of halogens is 1. The minimum Gasteiger partial charge on any atom is -0.497 e. The van der Waals surface area contributed by atoms with Crippen molar-refractivity contribution in [3.63, 3.8) is 0 Å². The summed E-state index contributed by atoms with van der Waals surface area (Å²) in [7, 11) is 2.97. The second-order valence-electron chi connectivity index (χ2n) is 7.29. The monoisotopic (exact) mass is 468 g/mol. The Bertz CT molecular complexity index is 1240. The van der Waals surface area contributed by atoms with E-state index in [9.17, 15) is 9.59 Å². The number of hydrogen-bond donors (Lipinski definition) is 0. The standard InChI is InChI=1S/C21H17ClN6O5/c1-31-14-7-13(8-15(9-14)32-2)28-20(29)17-18(21(28)30)27(26-24-17)10-16-23-19(25-33-16)11-3-5-12(22)6-4-11/h3-9,17-18H,10H2,1-2H3/t17-,18+/m1/s1. The summed E-state index contributed by atoms with van der Waals surface area (Å²) in [6.45, 7) is 0.0134. The highest BCUT2D eigenvalue weighted by Crippen LogP contribution is 2.36. The normalized spacial score (nSPS) is 19.4. The Morgan fingerprint density at radius 1 is 1.03 bits per heavy atom. The van der Waals surface area contributed by atoms with Gasteiger partial charge in [0.2, 0.25) is 11.7 Å². The van der Waals surface area contributed by atoms with Gasteiger partial charge < -0.3 is 14.0 Å². The third-order valence-electron chi connectivity index (χ3n) is 5.32. The van der Waals surface area contributed by atoms with Crippen LogP contribution >= 0.6 is 11.6 Å². The van der Waals surface area contributed by atoms with E-state index in [0.29, 0.717) is 28.0 Å². The number of nitrogens with zero attached hydrogens (tertiary/aromatic N) is 6. The van der Waals surface area contributed by atoms with E-state index in [-0.39, 0.29) is 12.4 Å². The van der Waals surface area contributed by atoms with Crippen molar-refractivity contribution in [3.05, 3.63) is 53.4 Å². The maximum Gasteiger partial charge on any atom is 0.263 e. The van der Waals surface area contributed by atoms with E-state index in [2.05, 4.69) is 20.5 Å². The largest absolute Gasteiger partial charge is 0.497 e. The number of carbonyl (C=O) groups excluding carboxylic acids is 2. The van der Waals surface area contributed by atoms with E-state index < -0.39 is 23.9 Å². The SMILES string of the molecule is COc1cc(OC)cc(N2C(=O)[C@@H]3[C@@H](N=NN3Cc3nc(-c4ccc(Cl)cc4)no3)C2=O)c1. The van der Waals surface area contributed by atoms with Crippen molar-refractivity contribution in [2.75, 3.05) is 19.1 Å². The van der Waals surface area contributed by atoms with E-state index in [1.54, 1.807) is 42.5 Å². The number of carbonyl (C=O) groups is 2. The quantitative estimate of drug-likeness (QED) is 0.506. The molecule has 0 bridgehead atoms. The molecule has 0 spiro atoms. The van der Waals surface area contributed by atoms with E-state index in [4.69, 9.17) is 25.6 Å². The van der Waals surface area contributed by atoms with Crippen LogP contribution in [0.1, 0.15) is 5.89 Å². The summed E-state index contributed by atoms with van der Waals surface area (Å²) in [6, 6.07) is 9.90. The fourth-order valence-corrected chi connectivity index (χ4v) is 3.83. The van der Waals surface area contributed by atoms with Gasteiger partial charge in [0.15, 0.2) is 12.1 Å². The van der Waals surface area contributed by atoms with Gasteiger partial charge in [0, 0.05) is 28.8 Å². The van der Waals surface area contributed by atoms with Crippen LogP contribution in [0, 0.1) is 0 Å². The van der Waals surface area contributed by atoms with Crippen molar-refractivity contribution < 1.29 is 23.6 Å². The van der Waals surface area contributed by atoms with Crippen LogP contribution in [-0.2, 0) is 16.1 Å². The van der Waals surface area contributed by atoms with Crippen molar-refractivity contribution in [1.82, 2.24) is 15.1 Å². The summed E-state index contributed by atoms with van der Waals surface area (Å²) >= 11 is 5.91. The first kappa shape index (κ1) is 20.9. The summed E-state index contributed by atoms with van der Waals surface area (Å²) < 4.78 is 15.8. The maximum atomic E-state index is 13.2. The Balaban J connectivity index is 1.37. The molecule has 2 aliphatic rings. The number of aromatic nitrogens is 2. The number of anilines is 1. The van der Waals surface area contributed by atoms with Crippen LogP contribution in [0.2, 0.25) is 5.02 Å². The zero-order valence-electron chi connectivity index (χ0n) is 17.5. The fourth-order valence-electron chi connectivity index (χ4n) is 3.70. The van der Waals surface area contributed by atoms with E-state index in [0.717, 1.165) is 10.5 Å². The number of fused-ring (bicyclic) bond motifs is 1. The first-order valence-electron chi connectivity index (χ1n) is 9.85. The number of benzene rings is 2. The highest BCUT2D eigenvalue weighted by atomic mass is 35.5. The molecule has 2 aliphatic heterocycles. The van der Waals surface area contributed by atoms with Gasteiger partial charge in [-0.1, -0.05) is 22.0 Å². The number of rotatable bonds is 6. The van der Waals surface area contributed by atoms with Crippen molar-refractivity contribution in [2.24, 2.45) is 10.3 Å². The van der Waals surface area contributed by atoms with Gasteiger partial charge in [0.25, 0.3) is 11.8 Å². The van der Waals surface area contributed by atoms with Gasteiger partial charge in [-0.15, -0.1) is 0 Å². The van der Waals surface area contributed by atoms with Crippen LogP contribution in [-0.4, -0.2) is 53.3 Å². The Morgan fingerprint density at radius 2 is 1.73 bits per heavy atom. The van der Waals surface area contributed by atoms with Crippen LogP contribution in [0.25, 0.3) is 11.4 Å². The number of hydrogen-bond acceptors (Lipinski definition) is 10. The molecule has 0 unspecified atom stereocenters. The summed E-state index contributed by atoms with van der Waals surface area (Å²) in [4.78, 5) is 31.6. The lowest BCUT2D eigenvalue weighted by Gasteiger charge is -2.20. The van der Waals surface area contributed by atoms with Crippen LogP contribution < -0.4 is 14.4 Å². The molecule has 3 aromatic rings. The number of methoxy groups -OCH3 is 2. The molecule has 0 saturated carbocycles. The second-order valence-corrected chi connectivity index (χ2v) is 7.73. The maximum absolute atomic E-state index is 13.2. The zero-order valence-corrected chi connectivity index (χ0v) is 18.3. The molecule has 168 valence electrons. The topological polar surface area (TPSA) is 123 Å². The minimum absolute atomic E-state index is 0.0134. The lowest BCUT2D eigenvalue weighted by Crippen LogP contribution is -2.39. The molecule has 1 saturated heterocycles. The van der Waals surface area contributed by atoms with Gasteiger partial charge in [-0.2, -0.15) is 10.1 Å². The van der Waals surface area contributed by atoms with Crippen molar-refractivity contribution in [1.29, 1.82) is 0 Å². The molecule has 0 radical (unpaired) electrons. The lowest BCUT2D eigenvalue weighted by atomic mass is 10.1. The van der Waals surface area contributed by atoms with Crippen LogP contribution in [0.3, 0.4) is 0 Å². The zero-order chi connectivity index (χ0) is 23.1. The average molecular weight is 469 g/mol. The Morgan fingerprint density at radius 3 is 2.39 bits per heavy atom. The molecule has 2 atom stereocenters. The third-order valence-corrected chi connectivity index (χ3v) is 5.57. The second kappa shape index (κ2) is 8.17. The van der Waals surface area contributed by atoms with Gasteiger partial charge >= 0.3 is 0 Å². The fraction of sp³-hybridized carbons (Fsp3) is 0.238. The molecular weight excluding hydrogens is 452 g/mol. The van der Waals surface area contributed by atoms with Crippen LogP contribution in [0.5, 0.6) is 11.5 Å². The molecule has 0 aliphatic carbocycles.